The summed E-state index contributed by atoms with van der Waals surface area (Å²) in [6.07, 6.45) is -0.258. The highest BCUT2D eigenvalue weighted by atomic mass is 16.6. The number of nitrogens with one attached hydrogen (secondary N) is 1. The van der Waals surface area contributed by atoms with Crippen LogP contribution in [0.1, 0.15) is 31.0 Å². The minimum atomic E-state index is -0.279. The molecule has 2 aromatic carbocycles. The maximum Gasteiger partial charge on any atom is 0.410 e. The van der Waals surface area contributed by atoms with Gasteiger partial charge in [0.05, 0.1) is 11.6 Å². The minimum Gasteiger partial charge on any atom is -0.445 e. The van der Waals surface area contributed by atoms with Crippen LogP contribution in [-0.2, 0) is 11.3 Å². The molecule has 0 aliphatic carbocycles. The predicted molar refractivity (Wildman–Crippen MR) is 94.6 cm³/mol. The smallest absolute Gasteiger partial charge is 0.410 e. The summed E-state index contributed by atoms with van der Waals surface area (Å²) in [7, 11) is 0. The van der Waals surface area contributed by atoms with Crippen LogP contribution < -0.4 is 5.32 Å². The zero-order chi connectivity index (χ0) is 17.0. The van der Waals surface area contributed by atoms with Gasteiger partial charge >= 0.3 is 6.09 Å². The average Bonchev–Trinajstić information content (AvgIpc) is 2.61. The summed E-state index contributed by atoms with van der Waals surface area (Å²) in [6, 6.07) is 20.1. The lowest BCUT2D eigenvalue weighted by atomic mass is 9.95. The van der Waals surface area contributed by atoms with Crippen molar-refractivity contribution in [2.24, 2.45) is 0 Å². The molecule has 2 aromatic rings. The summed E-state index contributed by atoms with van der Waals surface area (Å²) in [6.45, 7) is 5.75. The summed E-state index contributed by atoms with van der Waals surface area (Å²) in [5.74, 6) is 0. The molecule has 4 heteroatoms. The maximum absolute atomic E-state index is 12.6. The topological polar surface area (TPSA) is 41.6 Å². The van der Waals surface area contributed by atoms with Crippen molar-refractivity contribution in [2.45, 2.75) is 32.0 Å². The van der Waals surface area contributed by atoms with Crippen molar-refractivity contribution in [3.05, 3.63) is 71.8 Å². The summed E-state index contributed by atoms with van der Waals surface area (Å²) in [5, 5.41) is 3.53. The van der Waals surface area contributed by atoms with Gasteiger partial charge in [-0.2, -0.15) is 0 Å². The normalized spacial score (nSPS) is 19.8. The van der Waals surface area contributed by atoms with Gasteiger partial charge in [-0.1, -0.05) is 60.7 Å². The van der Waals surface area contributed by atoms with Crippen LogP contribution in [0.2, 0.25) is 0 Å². The summed E-state index contributed by atoms with van der Waals surface area (Å²) in [4.78, 5) is 14.5. The highest BCUT2D eigenvalue weighted by Crippen LogP contribution is 2.26. The molecule has 126 valence electrons. The van der Waals surface area contributed by atoms with E-state index in [2.05, 4.69) is 31.3 Å². The SMILES string of the molecule is CC1(C)CNC(c2ccccc2)CN1C(=O)OCc1ccccc1. The van der Waals surface area contributed by atoms with Crippen LogP contribution in [0.4, 0.5) is 4.79 Å². The second-order valence-corrected chi connectivity index (χ2v) is 6.81. The van der Waals surface area contributed by atoms with E-state index in [-0.39, 0.29) is 17.7 Å². The van der Waals surface area contributed by atoms with Crippen molar-refractivity contribution < 1.29 is 9.53 Å². The molecule has 0 spiro atoms. The first-order valence-electron chi connectivity index (χ1n) is 8.33. The van der Waals surface area contributed by atoms with E-state index >= 15 is 0 Å². The maximum atomic E-state index is 12.6. The first-order chi connectivity index (χ1) is 11.6. The number of ether oxygens (including phenoxy) is 1. The number of carbonyl (C=O) groups excluding carboxylic acids is 1. The number of benzene rings is 2. The molecule has 3 rings (SSSR count). The van der Waals surface area contributed by atoms with Gasteiger partial charge in [0.1, 0.15) is 6.61 Å². The average molecular weight is 324 g/mol. The van der Waals surface area contributed by atoms with E-state index in [1.54, 1.807) is 0 Å². The van der Waals surface area contributed by atoms with Crippen molar-refractivity contribution in [3.63, 3.8) is 0 Å². The number of hydrogen-bond donors (Lipinski definition) is 1. The van der Waals surface area contributed by atoms with Gasteiger partial charge < -0.3 is 10.1 Å². The standard InChI is InChI=1S/C20H24N2O2/c1-20(2)15-21-18(17-11-7-4-8-12-17)13-22(20)19(23)24-14-16-9-5-3-6-10-16/h3-12,18,21H,13-15H2,1-2H3. The second-order valence-electron chi connectivity index (χ2n) is 6.81. The monoisotopic (exact) mass is 324 g/mol. The Morgan fingerprint density at radius 2 is 1.75 bits per heavy atom. The van der Waals surface area contributed by atoms with Crippen molar-refractivity contribution in [1.29, 1.82) is 0 Å². The molecule has 1 atom stereocenters. The highest BCUT2D eigenvalue weighted by molar-refractivity contribution is 5.69. The fourth-order valence-corrected chi connectivity index (χ4v) is 2.99. The Hall–Kier alpha value is -2.33. The molecule has 1 heterocycles. The van der Waals surface area contributed by atoms with Gasteiger partial charge in [-0.3, -0.25) is 4.90 Å². The predicted octanol–water partition coefficient (Wildman–Crippen LogP) is 3.75. The fourth-order valence-electron chi connectivity index (χ4n) is 2.99. The first-order valence-corrected chi connectivity index (χ1v) is 8.33. The van der Waals surface area contributed by atoms with Crippen molar-refractivity contribution >= 4 is 6.09 Å². The first kappa shape index (κ1) is 16.5. The molecule has 0 saturated carbocycles. The lowest BCUT2D eigenvalue weighted by molar-refractivity contribution is 0.0341. The fraction of sp³-hybridized carbons (Fsp3) is 0.350. The third-order valence-corrected chi connectivity index (χ3v) is 4.50. The molecule has 1 aliphatic rings. The third-order valence-electron chi connectivity index (χ3n) is 4.50. The van der Waals surface area contributed by atoms with E-state index in [0.29, 0.717) is 13.2 Å². The third kappa shape index (κ3) is 3.77. The van der Waals surface area contributed by atoms with Gasteiger partial charge in [0, 0.05) is 13.1 Å². The molecular weight excluding hydrogens is 300 g/mol. The molecule has 1 saturated heterocycles. The van der Waals surface area contributed by atoms with Gasteiger partial charge in [-0.15, -0.1) is 0 Å². The van der Waals surface area contributed by atoms with Gasteiger partial charge in [-0.25, -0.2) is 4.79 Å². The number of piperazine rings is 1. The van der Waals surface area contributed by atoms with Crippen LogP contribution in [0.25, 0.3) is 0 Å². The van der Waals surface area contributed by atoms with Crippen LogP contribution >= 0.6 is 0 Å². The molecule has 0 bridgehead atoms. The van der Waals surface area contributed by atoms with Gasteiger partial charge in [0.25, 0.3) is 0 Å². The molecule has 4 nitrogen and oxygen atoms in total. The molecule has 24 heavy (non-hydrogen) atoms. The lowest BCUT2D eigenvalue weighted by Gasteiger charge is -2.45. The Morgan fingerprint density at radius 3 is 2.42 bits per heavy atom. The zero-order valence-corrected chi connectivity index (χ0v) is 14.2. The van der Waals surface area contributed by atoms with Crippen molar-refractivity contribution in [1.82, 2.24) is 10.2 Å². The molecule has 1 amide bonds. The molecule has 1 N–H and O–H groups in total. The van der Waals surface area contributed by atoms with Gasteiger partial charge in [0.2, 0.25) is 0 Å². The highest BCUT2D eigenvalue weighted by Gasteiger charge is 2.38. The summed E-state index contributed by atoms with van der Waals surface area (Å²) < 4.78 is 5.55. The Bertz CT molecular complexity index is 671. The van der Waals surface area contributed by atoms with E-state index in [1.807, 2.05) is 53.4 Å². The van der Waals surface area contributed by atoms with Crippen LogP contribution in [-0.4, -0.2) is 29.6 Å². The Morgan fingerprint density at radius 1 is 1.12 bits per heavy atom. The van der Waals surface area contributed by atoms with E-state index in [0.717, 1.165) is 12.1 Å². The number of hydrogen-bond acceptors (Lipinski definition) is 3. The second kappa shape index (κ2) is 7.05. The van der Waals surface area contributed by atoms with Crippen LogP contribution in [0.3, 0.4) is 0 Å². The Kier molecular flexibility index (Phi) is 4.86. The summed E-state index contributed by atoms with van der Waals surface area (Å²) >= 11 is 0. The Labute approximate surface area is 143 Å². The van der Waals surface area contributed by atoms with Crippen LogP contribution in [0.15, 0.2) is 60.7 Å². The van der Waals surface area contributed by atoms with E-state index in [4.69, 9.17) is 4.74 Å². The van der Waals surface area contributed by atoms with E-state index < -0.39 is 0 Å². The zero-order valence-electron chi connectivity index (χ0n) is 14.2. The molecule has 0 aromatic heterocycles. The quantitative estimate of drug-likeness (QED) is 0.935. The number of amides is 1. The van der Waals surface area contributed by atoms with Crippen molar-refractivity contribution in [2.75, 3.05) is 13.1 Å². The summed E-state index contributed by atoms with van der Waals surface area (Å²) in [5.41, 5.74) is 1.91. The van der Waals surface area contributed by atoms with Crippen LogP contribution in [0, 0.1) is 0 Å². The molecule has 1 fully saturated rings. The number of carbonyl (C=O) groups is 1. The largest absolute Gasteiger partial charge is 0.445 e. The molecule has 1 aliphatic heterocycles. The number of nitrogens with zero attached hydrogens (tertiary/aromatic N) is 1. The lowest BCUT2D eigenvalue weighted by Crippen LogP contribution is -2.60. The number of rotatable bonds is 3. The molecule has 0 radical (unpaired) electrons. The van der Waals surface area contributed by atoms with Crippen LogP contribution in [0.5, 0.6) is 0 Å². The minimum absolute atomic E-state index is 0.128. The van der Waals surface area contributed by atoms with Gasteiger partial charge in [0.15, 0.2) is 0 Å². The van der Waals surface area contributed by atoms with E-state index in [9.17, 15) is 4.79 Å². The van der Waals surface area contributed by atoms with Gasteiger partial charge in [-0.05, 0) is 25.0 Å². The van der Waals surface area contributed by atoms with Crippen molar-refractivity contribution in [3.8, 4) is 0 Å². The molecule has 1 unspecified atom stereocenters. The molecular formula is C20H24N2O2. The Balaban J connectivity index is 1.68. The van der Waals surface area contributed by atoms with E-state index in [1.165, 1.54) is 5.56 Å².